The maximum absolute atomic E-state index is 13.0. The van der Waals surface area contributed by atoms with Gasteiger partial charge >= 0.3 is 0 Å². The molecule has 1 N–H and O–H groups in total. The van der Waals surface area contributed by atoms with Gasteiger partial charge in [0.2, 0.25) is 0 Å². The molecular weight excluding hydrogens is 295 g/mol. The Morgan fingerprint density at radius 2 is 2.24 bits per heavy atom. The molecular formula is C15H20ClFN2O2. The van der Waals surface area contributed by atoms with E-state index < -0.39 is 11.9 Å². The van der Waals surface area contributed by atoms with Crippen LogP contribution in [0.3, 0.4) is 0 Å². The largest absolute Gasteiger partial charge is 0.479 e. The van der Waals surface area contributed by atoms with Gasteiger partial charge in [-0.05, 0) is 39.0 Å². The molecule has 3 unspecified atom stereocenters. The molecule has 1 amide bonds. The van der Waals surface area contributed by atoms with E-state index in [1.807, 2.05) is 18.7 Å². The highest BCUT2D eigenvalue weighted by Crippen LogP contribution is 2.26. The molecule has 1 aliphatic heterocycles. The third-order valence-corrected chi connectivity index (χ3v) is 4.16. The second-order valence-electron chi connectivity index (χ2n) is 5.35. The summed E-state index contributed by atoms with van der Waals surface area (Å²) < 4.78 is 18.6. The normalized spacial score (nSPS) is 23.8. The Morgan fingerprint density at radius 1 is 1.52 bits per heavy atom. The molecule has 0 aromatic heterocycles. The van der Waals surface area contributed by atoms with Gasteiger partial charge in [0, 0.05) is 25.2 Å². The van der Waals surface area contributed by atoms with Gasteiger partial charge in [-0.3, -0.25) is 4.79 Å². The second-order valence-corrected chi connectivity index (χ2v) is 5.76. The number of benzene rings is 1. The van der Waals surface area contributed by atoms with Crippen molar-refractivity contribution >= 4 is 17.5 Å². The van der Waals surface area contributed by atoms with Crippen LogP contribution in [0.4, 0.5) is 4.39 Å². The number of carbonyl (C=O) groups excluding carboxylic acids is 1. The van der Waals surface area contributed by atoms with E-state index in [9.17, 15) is 9.18 Å². The summed E-state index contributed by atoms with van der Waals surface area (Å²) in [5, 5.41) is 3.49. The zero-order chi connectivity index (χ0) is 15.6. The zero-order valence-corrected chi connectivity index (χ0v) is 13.2. The molecule has 1 aromatic rings. The van der Waals surface area contributed by atoms with Crippen LogP contribution in [0.25, 0.3) is 0 Å². The van der Waals surface area contributed by atoms with Crippen molar-refractivity contribution in [1.29, 1.82) is 0 Å². The average Bonchev–Trinajstić information content (AvgIpc) is 2.44. The van der Waals surface area contributed by atoms with Crippen LogP contribution in [0, 0.1) is 5.82 Å². The van der Waals surface area contributed by atoms with Crippen LogP contribution in [0.2, 0.25) is 5.02 Å². The molecule has 4 nitrogen and oxygen atoms in total. The van der Waals surface area contributed by atoms with E-state index in [0.717, 1.165) is 6.54 Å². The molecule has 1 aliphatic rings. The summed E-state index contributed by atoms with van der Waals surface area (Å²) in [7, 11) is 0. The number of hydrogen-bond acceptors (Lipinski definition) is 3. The molecule has 2 rings (SSSR count). The van der Waals surface area contributed by atoms with E-state index in [1.54, 1.807) is 6.92 Å². The maximum atomic E-state index is 13.0. The molecule has 1 heterocycles. The predicted octanol–water partition coefficient (Wildman–Crippen LogP) is 2.46. The molecule has 0 saturated carbocycles. The summed E-state index contributed by atoms with van der Waals surface area (Å²) in [6.45, 7) is 7.15. The third kappa shape index (κ3) is 3.66. The van der Waals surface area contributed by atoms with Crippen LogP contribution in [-0.2, 0) is 4.79 Å². The first kappa shape index (κ1) is 16.0. The van der Waals surface area contributed by atoms with Crippen LogP contribution in [0.1, 0.15) is 20.8 Å². The molecule has 0 spiro atoms. The number of hydrogen-bond donors (Lipinski definition) is 1. The first-order valence-electron chi connectivity index (χ1n) is 7.05. The van der Waals surface area contributed by atoms with Gasteiger partial charge < -0.3 is 15.0 Å². The summed E-state index contributed by atoms with van der Waals surface area (Å²) in [6, 6.07) is 4.20. The lowest BCUT2D eigenvalue weighted by Crippen LogP contribution is -2.59. The van der Waals surface area contributed by atoms with Crippen LogP contribution in [0.15, 0.2) is 18.2 Å². The van der Waals surface area contributed by atoms with Crippen molar-refractivity contribution in [3.05, 3.63) is 29.0 Å². The van der Waals surface area contributed by atoms with E-state index in [-0.39, 0.29) is 23.0 Å². The lowest BCUT2D eigenvalue weighted by molar-refractivity contribution is -0.141. The van der Waals surface area contributed by atoms with Gasteiger partial charge in [-0.1, -0.05) is 11.6 Å². The van der Waals surface area contributed by atoms with Crippen molar-refractivity contribution in [3.8, 4) is 5.75 Å². The first-order valence-corrected chi connectivity index (χ1v) is 7.43. The lowest BCUT2D eigenvalue weighted by atomic mass is 10.1. The van der Waals surface area contributed by atoms with E-state index in [2.05, 4.69) is 5.32 Å². The second kappa shape index (κ2) is 6.62. The van der Waals surface area contributed by atoms with Gasteiger partial charge in [0.05, 0.1) is 5.02 Å². The first-order chi connectivity index (χ1) is 9.90. The summed E-state index contributed by atoms with van der Waals surface area (Å²) in [4.78, 5) is 14.3. The van der Waals surface area contributed by atoms with E-state index in [4.69, 9.17) is 16.3 Å². The van der Waals surface area contributed by atoms with Gasteiger partial charge in [0.15, 0.2) is 6.10 Å². The fourth-order valence-electron chi connectivity index (χ4n) is 2.41. The highest BCUT2D eigenvalue weighted by Gasteiger charge is 2.31. The highest BCUT2D eigenvalue weighted by molar-refractivity contribution is 6.32. The Balaban J connectivity index is 2.05. The third-order valence-electron chi connectivity index (χ3n) is 3.86. The summed E-state index contributed by atoms with van der Waals surface area (Å²) in [5.74, 6) is -0.207. The summed E-state index contributed by atoms with van der Waals surface area (Å²) in [5.41, 5.74) is 0. The van der Waals surface area contributed by atoms with Crippen LogP contribution in [0.5, 0.6) is 5.75 Å². The number of ether oxygens (including phenoxy) is 1. The maximum Gasteiger partial charge on any atom is 0.263 e. The molecule has 3 atom stereocenters. The topological polar surface area (TPSA) is 41.6 Å². The molecule has 1 fully saturated rings. The zero-order valence-electron chi connectivity index (χ0n) is 12.4. The Kier molecular flexibility index (Phi) is 5.06. The van der Waals surface area contributed by atoms with Crippen molar-refractivity contribution in [2.45, 2.75) is 39.0 Å². The number of rotatable bonds is 3. The van der Waals surface area contributed by atoms with Crippen LogP contribution < -0.4 is 10.1 Å². The lowest BCUT2D eigenvalue weighted by Gasteiger charge is -2.39. The minimum absolute atomic E-state index is 0.0868. The molecule has 0 bridgehead atoms. The van der Waals surface area contributed by atoms with Crippen LogP contribution in [-0.4, -0.2) is 42.1 Å². The van der Waals surface area contributed by atoms with Crippen molar-refractivity contribution in [3.63, 3.8) is 0 Å². The number of amides is 1. The molecule has 6 heteroatoms. The molecule has 0 radical (unpaired) electrons. The molecule has 1 saturated heterocycles. The number of nitrogens with one attached hydrogen (secondary N) is 1. The van der Waals surface area contributed by atoms with E-state index in [0.29, 0.717) is 12.3 Å². The van der Waals surface area contributed by atoms with Gasteiger partial charge in [0.1, 0.15) is 11.6 Å². The quantitative estimate of drug-likeness (QED) is 0.932. The number of piperazine rings is 1. The minimum Gasteiger partial charge on any atom is -0.479 e. The summed E-state index contributed by atoms with van der Waals surface area (Å²) in [6.07, 6.45) is -0.666. The van der Waals surface area contributed by atoms with Gasteiger partial charge in [-0.25, -0.2) is 4.39 Å². The van der Waals surface area contributed by atoms with Gasteiger partial charge in [-0.2, -0.15) is 0 Å². The minimum atomic E-state index is -0.666. The van der Waals surface area contributed by atoms with Crippen LogP contribution >= 0.6 is 11.6 Å². The highest BCUT2D eigenvalue weighted by atomic mass is 35.5. The predicted molar refractivity (Wildman–Crippen MR) is 80.1 cm³/mol. The fraction of sp³-hybridized carbons (Fsp3) is 0.533. The molecule has 21 heavy (non-hydrogen) atoms. The van der Waals surface area contributed by atoms with Crippen molar-refractivity contribution in [2.75, 3.05) is 13.1 Å². The van der Waals surface area contributed by atoms with Crippen molar-refractivity contribution in [2.24, 2.45) is 0 Å². The molecule has 0 aliphatic carbocycles. The van der Waals surface area contributed by atoms with E-state index >= 15 is 0 Å². The number of halogens is 2. The van der Waals surface area contributed by atoms with Crippen molar-refractivity contribution in [1.82, 2.24) is 10.2 Å². The smallest absolute Gasteiger partial charge is 0.263 e. The van der Waals surface area contributed by atoms with Gasteiger partial charge in [0.25, 0.3) is 5.91 Å². The summed E-state index contributed by atoms with van der Waals surface area (Å²) >= 11 is 5.92. The van der Waals surface area contributed by atoms with E-state index in [1.165, 1.54) is 18.2 Å². The average molecular weight is 315 g/mol. The molecule has 116 valence electrons. The fourth-order valence-corrected chi connectivity index (χ4v) is 2.62. The Hall–Kier alpha value is -1.33. The van der Waals surface area contributed by atoms with Crippen molar-refractivity contribution < 1.29 is 13.9 Å². The van der Waals surface area contributed by atoms with Gasteiger partial charge in [-0.15, -0.1) is 0 Å². The monoisotopic (exact) mass is 314 g/mol. The SMILES string of the molecule is CC(Oc1ccc(F)cc1Cl)C(=O)N1CCNC(C)C1C. The standard InChI is InChI=1S/C15H20ClFN2O2/c1-9-10(2)19(7-6-18-9)15(20)11(3)21-14-5-4-12(17)8-13(14)16/h4-5,8-11,18H,6-7H2,1-3H3. The molecule has 1 aromatic carbocycles. The Labute approximate surface area is 129 Å². The Bertz CT molecular complexity index is 526. The number of nitrogens with zero attached hydrogens (tertiary/aromatic N) is 1. The number of carbonyl (C=O) groups is 1. The Morgan fingerprint density at radius 3 is 2.90 bits per heavy atom.